The average molecular weight is 242 g/mol. The second-order valence-corrected chi connectivity index (χ2v) is 5.83. The second kappa shape index (κ2) is 6.84. The average Bonchev–Trinajstić information content (AvgIpc) is 2.19. The molecule has 0 atom stereocenters. The molecule has 1 aliphatic rings. The lowest BCUT2D eigenvalue weighted by molar-refractivity contribution is 0.200. The van der Waals surface area contributed by atoms with E-state index in [-0.39, 0.29) is 18.1 Å². The number of carbonyl (C=O) groups is 1. The van der Waals surface area contributed by atoms with E-state index in [2.05, 4.69) is 10.6 Å². The first-order chi connectivity index (χ1) is 8.03. The molecule has 0 aromatic rings. The van der Waals surface area contributed by atoms with Crippen LogP contribution in [0.15, 0.2) is 0 Å². The molecule has 0 unspecified atom stereocenters. The van der Waals surface area contributed by atoms with E-state index in [0.717, 1.165) is 18.9 Å². The summed E-state index contributed by atoms with van der Waals surface area (Å²) in [7, 11) is 0. The van der Waals surface area contributed by atoms with Crippen molar-refractivity contribution < 1.29 is 9.90 Å². The molecular weight excluding hydrogens is 216 g/mol. The number of carbonyl (C=O) groups excluding carboxylic acids is 1. The Morgan fingerprint density at radius 3 is 2.59 bits per heavy atom. The fourth-order valence-corrected chi connectivity index (χ4v) is 1.94. The second-order valence-electron chi connectivity index (χ2n) is 5.83. The molecule has 3 N–H and O–H groups in total. The van der Waals surface area contributed by atoms with Gasteiger partial charge in [0.2, 0.25) is 0 Å². The van der Waals surface area contributed by atoms with Gasteiger partial charge in [-0.3, -0.25) is 0 Å². The Balaban J connectivity index is 2.03. The van der Waals surface area contributed by atoms with Gasteiger partial charge in [-0.2, -0.15) is 0 Å². The third kappa shape index (κ3) is 5.91. The summed E-state index contributed by atoms with van der Waals surface area (Å²) in [5.41, 5.74) is -0.0416. The monoisotopic (exact) mass is 242 g/mol. The summed E-state index contributed by atoms with van der Waals surface area (Å²) in [6.07, 6.45) is 5.81. The molecule has 0 aliphatic heterocycles. The molecule has 4 heteroatoms. The first-order valence-electron chi connectivity index (χ1n) is 6.66. The maximum Gasteiger partial charge on any atom is 0.314 e. The minimum absolute atomic E-state index is 0.0416. The van der Waals surface area contributed by atoms with Crippen LogP contribution in [0.1, 0.15) is 46.0 Å². The Hall–Kier alpha value is -0.770. The summed E-state index contributed by atoms with van der Waals surface area (Å²) in [6, 6.07) is -0.0876. The lowest BCUT2D eigenvalue weighted by Gasteiger charge is -2.26. The van der Waals surface area contributed by atoms with Gasteiger partial charge in [-0.25, -0.2) is 4.79 Å². The number of aliphatic hydroxyl groups excluding tert-OH is 1. The van der Waals surface area contributed by atoms with Crippen molar-refractivity contribution in [2.45, 2.75) is 46.0 Å². The molecule has 0 aromatic carbocycles. The van der Waals surface area contributed by atoms with E-state index < -0.39 is 0 Å². The van der Waals surface area contributed by atoms with Gasteiger partial charge in [-0.15, -0.1) is 0 Å². The molecule has 17 heavy (non-hydrogen) atoms. The fourth-order valence-electron chi connectivity index (χ4n) is 1.94. The van der Waals surface area contributed by atoms with E-state index in [0.29, 0.717) is 13.0 Å². The van der Waals surface area contributed by atoms with Gasteiger partial charge in [0, 0.05) is 19.7 Å². The van der Waals surface area contributed by atoms with E-state index in [1.165, 1.54) is 19.3 Å². The highest BCUT2D eigenvalue weighted by Crippen LogP contribution is 2.28. The summed E-state index contributed by atoms with van der Waals surface area (Å²) in [5, 5.41) is 14.6. The number of hydrogen-bond acceptors (Lipinski definition) is 2. The van der Waals surface area contributed by atoms with Crippen molar-refractivity contribution in [1.82, 2.24) is 10.6 Å². The Morgan fingerprint density at radius 2 is 2.06 bits per heavy atom. The third-order valence-electron chi connectivity index (χ3n) is 3.58. The Morgan fingerprint density at radius 1 is 1.35 bits per heavy atom. The number of urea groups is 1. The lowest BCUT2D eigenvalue weighted by atomic mass is 9.83. The normalized spacial score (nSPS) is 16.4. The highest BCUT2D eigenvalue weighted by molar-refractivity contribution is 5.73. The van der Waals surface area contributed by atoms with Gasteiger partial charge in [0.1, 0.15) is 0 Å². The molecule has 0 heterocycles. The number of amides is 2. The van der Waals surface area contributed by atoms with Crippen LogP contribution in [0.2, 0.25) is 0 Å². The van der Waals surface area contributed by atoms with Crippen LogP contribution in [0.25, 0.3) is 0 Å². The van der Waals surface area contributed by atoms with Crippen molar-refractivity contribution in [2.24, 2.45) is 11.3 Å². The molecule has 1 saturated carbocycles. The van der Waals surface area contributed by atoms with Crippen molar-refractivity contribution in [3.8, 4) is 0 Å². The maximum absolute atomic E-state index is 11.5. The molecule has 1 rings (SSSR count). The van der Waals surface area contributed by atoms with Gasteiger partial charge < -0.3 is 15.7 Å². The topological polar surface area (TPSA) is 61.4 Å². The van der Waals surface area contributed by atoms with E-state index >= 15 is 0 Å². The standard InChI is InChI=1S/C13H26N2O2/c1-13(2,7-9-16)10-15-12(17)14-8-6-11-4-3-5-11/h11,16H,3-10H2,1-2H3,(H2,14,15,17). The molecule has 1 aliphatic carbocycles. The van der Waals surface area contributed by atoms with Crippen molar-refractivity contribution in [3.63, 3.8) is 0 Å². The van der Waals surface area contributed by atoms with Crippen LogP contribution < -0.4 is 10.6 Å². The van der Waals surface area contributed by atoms with Crippen molar-refractivity contribution in [2.75, 3.05) is 19.7 Å². The van der Waals surface area contributed by atoms with Crippen LogP contribution in [-0.2, 0) is 0 Å². The molecule has 0 bridgehead atoms. The largest absolute Gasteiger partial charge is 0.396 e. The molecular formula is C13H26N2O2. The Labute approximate surface area is 104 Å². The Bertz CT molecular complexity index is 238. The molecule has 4 nitrogen and oxygen atoms in total. The van der Waals surface area contributed by atoms with E-state index in [1.807, 2.05) is 13.8 Å². The van der Waals surface area contributed by atoms with Gasteiger partial charge in [-0.1, -0.05) is 33.1 Å². The summed E-state index contributed by atoms with van der Waals surface area (Å²) >= 11 is 0. The van der Waals surface area contributed by atoms with E-state index in [9.17, 15) is 4.79 Å². The van der Waals surface area contributed by atoms with Crippen LogP contribution in [0.4, 0.5) is 4.79 Å². The van der Waals surface area contributed by atoms with Crippen LogP contribution in [0.5, 0.6) is 0 Å². The lowest BCUT2D eigenvalue weighted by Crippen LogP contribution is -2.41. The van der Waals surface area contributed by atoms with Gasteiger partial charge in [0.25, 0.3) is 0 Å². The predicted molar refractivity (Wildman–Crippen MR) is 68.8 cm³/mol. The summed E-state index contributed by atoms with van der Waals surface area (Å²) < 4.78 is 0. The number of aliphatic hydroxyl groups is 1. The molecule has 0 aromatic heterocycles. The minimum atomic E-state index is -0.0876. The van der Waals surface area contributed by atoms with E-state index in [4.69, 9.17) is 5.11 Å². The predicted octanol–water partition coefficient (Wildman–Crippen LogP) is 1.88. The number of nitrogens with one attached hydrogen (secondary N) is 2. The van der Waals surface area contributed by atoms with E-state index in [1.54, 1.807) is 0 Å². The fraction of sp³-hybridized carbons (Fsp3) is 0.923. The quantitative estimate of drug-likeness (QED) is 0.638. The van der Waals surface area contributed by atoms with Crippen molar-refractivity contribution >= 4 is 6.03 Å². The summed E-state index contributed by atoms with van der Waals surface area (Å²) in [4.78, 5) is 11.5. The molecule has 0 radical (unpaired) electrons. The highest BCUT2D eigenvalue weighted by Gasteiger charge is 2.19. The maximum atomic E-state index is 11.5. The summed E-state index contributed by atoms with van der Waals surface area (Å²) in [6.45, 7) is 5.62. The zero-order chi connectivity index (χ0) is 12.7. The van der Waals surface area contributed by atoms with Crippen LogP contribution in [0.3, 0.4) is 0 Å². The molecule has 0 spiro atoms. The van der Waals surface area contributed by atoms with Gasteiger partial charge >= 0.3 is 6.03 Å². The minimum Gasteiger partial charge on any atom is -0.396 e. The number of hydrogen-bond donors (Lipinski definition) is 3. The Kier molecular flexibility index (Phi) is 5.75. The van der Waals surface area contributed by atoms with Gasteiger partial charge in [0.15, 0.2) is 0 Å². The first-order valence-corrected chi connectivity index (χ1v) is 6.66. The van der Waals surface area contributed by atoms with Crippen LogP contribution >= 0.6 is 0 Å². The number of rotatable bonds is 7. The van der Waals surface area contributed by atoms with Crippen LogP contribution in [0, 0.1) is 11.3 Å². The van der Waals surface area contributed by atoms with Crippen LogP contribution in [-0.4, -0.2) is 30.8 Å². The zero-order valence-corrected chi connectivity index (χ0v) is 11.1. The molecule has 1 fully saturated rings. The van der Waals surface area contributed by atoms with Gasteiger partial charge in [0.05, 0.1) is 0 Å². The summed E-state index contributed by atoms with van der Waals surface area (Å²) in [5.74, 6) is 0.834. The third-order valence-corrected chi connectivity index (χ3v) is 3.58. The van der Waals surface area contributed by atoms with Crippen molar-refractivity contribution in [1.29, 1.82) is 0 Å². The molecule has 0 saturated heterocycles. The molecule has 2 amide bonds. The SMILES string of the molecule is CC(C)(CCO)CNC(=O)NCCC1CCC1. The zero-order valence-electron chi connectivity index (χ0n) is 11.1. The smallest absolute Gasteiger partial charge is 0.314 e. The highest BCUT2D eigenvalue weighted by atomic mass is 16.3. The first kappa shape index (κ1) is 14.3. The van der Waals surface area contributed by atoms with Crippen molar-refractivity contribution in [3.05, 3.63) is 0 Å². The van der Waals surface area contributed by atoms with Gasteiger partial charge in [-0.05, 0) is 24.2 Å². The molecule has 100 valence electrons.